The van der Waals surface area contributed by atoms with Crippen LogP contribution in [0.1, 0.15) is 37.0 Å². The van der Waals surface area contributed by atoms with Crippen LogP contribution in [0.15, 0.2) is 16.3 Å². The molecule has 25 heavy (non-hydrogen) atoms. The van der Waals surface area contributed by atoms with Crippen LogP contribution in [0.5, 0.6) is 0 Å². The minimum Gasteiger partial charge on any atom is -0.480 e. The van der Waals surface area contributed by atoms with E-state index in [1.807, 2.05) is 0 Å². The topological polar surface area (TPSA) is 95.0 Å². The second-order valence-corrected chi connectivity index (χ2v) is 9.84. The fraction of sp³-hybridized carbons (Fsp3) is 0.625. The number of carbonyl (C=O) groups excluding carboxylic acids is 1. The first kappa shape index (κ1) is 18.3. The SMILES string of the molecule is O=C(O)CN(C(=O)Cc1ccc(S(=O)(=O)N2CCCCC2)s1)C1CC1. The molecule has 1 amide bonds. The monoisotopic (exact) mass is 386 g/mol. The summed E-state index contributed by atoms with van der Waals surface area (Å²) < 4.78 is 27.1. The van der Waals surface area contributed by atoms with E-state index in [4.69, 9.17) is 5.11 Å². The highest BCUT2D eigenvalue weighted by Crippen LogP contribution is 2.30. The highest BCUT2D eigenvalue weighted by atomic mass is 32.2. The minimum absolute atomic E-state index is 0.0140. The molecule has 0 unspecified atom stereocenters. The molecule has 1 aliphatic carbocycles. The van der Waals surface area contributed by atoms with Gasteiger partial charge in [-0.05, 0) is 37.8 Å². The molecule has 0 atom stereocenters. The van der Waals surface area contributed by atoms with Gasteiger partial charge in [-0.25, -0.2) is 8.42 Å². The molecule has 0 bridgehead atoms. The predicted octanol–water partition coefficient (Wildman–Crippen LogP) is 1.54. The van der Waals surface area contributed by atoms with Gasteiger partial charge >= 0.3 is 5.97 Å². The smallest absolute Gasteiger partial charge is 0.323 e. The van der Waals surface area contributed by atoms with Gasteiger partial charge in [0.2, 0.25) is 5.91 Å². The van der Waals surface area contributed by atoms with Gasteiger partial charge in [0.15, 0.2) is 0 Å². The first-order valence-corrected chi connectivity index (χ1v) is 10.7. The molecular weight excluding hydrogens is 364 g/mol. The second kappa shape index (κ2) is 7.43. The van der Waals surface area contributed by atoms with Crippen molar-refractivity contribution in [3.8, 4) is 0 Å². The van der Waals surface area contributed by atoms with E-state index >= 15 is 0 Å². The van der Waals surface area contributed by atoms with Crippen LogP contribution in [-0.2, 0) is 26.0 Å². The van der Waals surface area contributed by atoms with Gasteiger partial charge in [0.1, 0.15) is 10.8 Å². The average Bonchev–Trinajstić information content (AvgIpc) is 3.31. The van der Waals surface area contributed by atoms with Crippen LogP contribution >= 0.6 is 11.3 Å². The Kier molecular flexibility index (Phi) is 5.45. The summed E-state index contributed by atoms with van der Waals surface area (Å²) in [6.07, 6.45) is 4.51. The van der Waals surface area contributed by atoms with E-state index in [1.165, 1.54) is 9.21 Å². The van der Waals surface area contributed by atoms with Gasteiger partial charge in [-0.15, -0.1) is 11.3 Å². The number of aliphatic carboxylic acids is 1. The summed E-state index contributed by atoms with van der Waals surface area (Å²) in [5.74, 6) is -1.28. The van der Waals surface area contributed by atoms with Crippen LogP contribution in [0.3, 0.4) is 0 Å². The lowest BCUT2D eigenvalue weighted by atomic mass is 10.2. The third kappa shape index (κ3) is 4.39. The van der Waals surface area contributed by atoms with Crippen LogP contribution in [0.4, 0.5) is 0 Å². The van der Waals surface area contributed by atoms with E-state index in [-0.39, 0.29) is 29.1 Å². The molecule has 1 saturated carbocycles. The van der Waals surface area contributed by atoms with Crippen molar-refractivity contribution in [2.45, 2.75) is 48.8 Å². The van der Waals surface area contributed by atoms with Gasteiger partial charge in [0, 0.05) is 24.0 Å². The number of hydrogen-bond acceptors (Lipinski definition) is 5. The van der Waals surface area contributed by atoms with Crippen LogP contribution in [0.2, 0.25) is 0 Å². The number of nitrogens with zero attached hydrogens (tertiary/aromatic N) is 2. The van der Waals surface area contributed by atoms with Crippen molar-refractivity contribution in [3.63, 3.8) is 0 Å². The van der Waals surface area contributed by atoms with E-state index in [1.54, 1.807) is 12.1 Å². The van der Waals surface area contributed by atoms with Crippen LogP contribution in [0.25, 0.3) is 0 Å². The number of amides is 1. The minimum atomic E-state index is -3.49. The zero-order chi connectivity index (χ0) is 18.0. The highest BCUT2D eigenvalue weighted by molar-refractivity contribution is 7.91. The van der Waals surface area contributed by atoms with Crippen LogP contribution in [0, 0.1) is 0 Å². The van der Waals surface area contributed by atoms with Crippen LogP contribution in [-0.4, -0.2) is 60.3 Å². The van der Waals surface area contributed by atoms with Crippen molar-refractivity contribution >= 4 is 33.2 Å². The molecule has 1 aromatic rings. The van der Waals surface area contributed by atoms with Crippen molar-refractivity contribution in [1.82, 2.24) is 9.21 Å². The Labute approximate surface area is 151 Å². The molecule has 2 fully saturated rings. The summed E-state index contributed by atoms with van der Waals surface area (Å²) in [6, 6.07) is 3.22. The maximum absolute atomic E-state index is 12.6. The second-order valence-electron chi connectivity index (χ2n) is 6.51. The summed E-state index contributed by atoms with van der Waals surface area (Å²) >= 11 is 1.11. The Morgan fingerprint density at radius 3 is 2.48 bits per heavy atom. The quantitative estimate of drug-likeness (QED) is 0.767. The third-order valence-corrected chi connectivity index (χ3v) is 7.94. The Bertz CT molecular complexity index is 748. The molecule has 2 heterocycles. The summed E-state index contributed by atoms with van der Waals surface area (Å²) in [5.41, 5.74) is 0. The molecule has 9 heteroatoms. The van der Waals surface area contributed by atoms with Gasteiger partial charge in [0.05, 0.1) is 6.42 Å². The molecule has 1 aromatic heterocycles. The number of piperidine rings is 1. The van der Waals surface area contributed by atoms with E-state index in [2.05, 4.69) is 0 Å². The maximum atomic E-state index is 12.6. The molecule has 0 aromatic carbocycles. The zero-order valence-electron chi connectivity index (χ0n) is 13.9. The van der Waals surface area contributed by atoms with Gasteiger partial charge in [-0.2, -0.15) is 4.31 Å². The van der Waals surface area contributed by atoms with E-state index in [0.29, 0.717) is 18.0 Å². The summed E-state index contributed by atoms with van der Waals surface area (Å²) in [7, 11) is -3.49. The van der Waals surface area contributed by atoms with E-state index in [9.17, 15) is 18.0 Å². The van der Waals surface area contributed by atoms with Crippen molar-refractivity contribution < 1.29 is 23.1 Å². The van der Waals surface area contributed by atoms with Gasteiger partial charge in [-0.3, -0.25) is 9.59 Å². The lowest BCUT2D eigenvalue weighted by Crippen LogP contribution is -2.38. The lowest BCUT2D eigenvalue weighted by Gasteiger charge is -2.25. The Hall–Kier alpha value is -1.45. The number of carbonyl (C=O) groups is 2. The molecular formula is C16H22N2O5S2. The number of sulfonamides is 1. The molecule has 138 valence electrons. The molecule has 0 spiro atoms. The number of rotatable bonds is 7. The average molecular weight is 386 g/mol. The lowest BCUT2D eigenvalue weighted by molar-refractivity contribution is -0.144. The van der Waals surface area contributed by atoms with Crippen molar-refractivity contribution in [2.75, 3.05) is 19.6 Å². The Morgan fingerprint density at radius 2 is 1.88 bits per heavy atom. The summed E-state index contributed by atoms with van der Waals surface area (Å²) in [5, 5.41) is 8.95. The van der Waals surface area contributed by atoms with E-state index < -0.39 is 16.0 Å². The zero-order valence-corrected chi connectivity index (χ0v) is 15.5. The molecule has 2 aliphatic rings. The maximum Gasteiger partial charge on any atom is 0.323 e. The fourth-order valence-electron chi connectivity index (χ4n) is 3.03. The number of thiophene rings is 1. The van der Waals surface area contributed by atoms with Crippen LogP contribution < -0.4 is 0 Å². The molecule has 7 nitrogen and oxygen atoms in total. The van der Waals surface area contributed by atoms with Crippen molar-refractivity contribution in [3.05, 3.63) is 17.0 Å². The Morgan fingerprint density at radius 1 is 1.20 bits per heavy atom. The van der Waals surface area contributed by atoms with Gasteiger partial charge in [-0.1, -0.05) is 6.42 Å². The normalized spacial score (nSPS) is 18.9. The molecule has 1 saturated heterocycles. The Balaban J connectivity index is 1.68. The highest BCUT2D eigenvalue weighted by Gasteiger charge is 2.34. The number of carboxylic acids is 1. The van der Waals surface area contributed by atoms with Gasteiger partial charge in [0.25, 0.3) is 10.0 Å². The molecule has 3 rings (SSSR count). The first-order chi connectivity index (χ1) is 11.9. The largest absolute Gasteiger partial charge is 0.480 e. The standard InChI is InChI=1S/C16H22N2O5S2/c19-14(18(11-15(20)21)12-4-5-12)10-13-6-7-16(24-13)25(22,23)17-8-2-1-3-9-17/h6-7,12H,1-5,8-11H2,(H,20,21). The molecule has 1 aliphatic heterocycles. The number of hydrogen-bond donors (Lipinski definition) is 1. The molecule has 1 N–H and O–H groups in total. The van der Waals surface area contributed by atoms with Gasteiger partial charge < -0.3 is 10.0 Å². The van der Waals surface area contributed by atoms with E-state index in [0.717, 1.165) is 43.4 Å². The third-order valence-electron chi connectivity index (χ3n) is 4.49. The molecule has 0 radical (unpaired) electrons. The number of carboxylic acid groups (broad SMARTS) is 1. The summed E-state index contributed by atoms with van der Waals surface area (Å²) in [6.45, 7) is 0.791. The first-order valence-electron chi connectivity index (χ1n) is 8.48. The summed E-state index contributed by atoms with van der Waals surface area (Å²) in [4.78, 5) is 25.4. The van der Waals surface area contributed by atoms with Crippen molar-refractivity contribution in [1.29, 1.82) is 0 Å². The fourth-order valence-corrected chi connectivity index (χ4v) is 6.05. The predicted molar refractivity (Wildman–Crippen MR) is 93.0 cm³/mol. The van der Waals surface area contributed by atoms with Crippen molar-refractivity contribution in [2.24, 2.45) is 0 Å².